The highest BCUT2D eigenvalue weighted by molar-refractivity contribution is 5.85. The van der Waals surface area contributed by atoms with E-state index in [4.69, 9.17) is 5.11 Å². The molecule has 0 saturated heterocycles. The number of hydrogen-bond acceptors (Lipinski definition) is 4. The zero-order valence-electron chi connectivity index (χ0n) is 8.38. The predicted octanol–water partition coefficient (Wildman–Crippen LogP) is 0.946. The van der Waals surface area contributed by atoms with Crippen molar-refractivity contribution in [1.29, 1.82) is 0 Å². The zero-order valence-corrected chi connectivity index (χ0v) is 8.38. The van der Waals surface area contributed by atoms with Gasteiger partial charge in [0.05, 0.1) is 0 Å². The number of nitrogens with zero attached hydrogens (tertiary/aromatic N) is 4. The Hall–Kier alpha value is -1.98. The summed E-state index contributed by atoms with van der Waals surface area (Å²) in [5.41, 5.74) is 0.0689. The molecule has 0 bridgehead atoms. The van der Waals surface area contributed by atoms with Crippen molar-refractivity contribution >= 4 is 11.7 Å². The van der Waals surface area contributed by atoms with Crippen LogP contribution >= 0.6 is 0 Å². The Labute approximate surface area is 85.6 Å². The van der Waals surface area contributed by atoms with Gasteiger partial charge in [0.25, 0.3) is 5.78 Å². The highest BCUT2D eigenvalue weighted by atomic mass is 16.4. The second kappa shape index (κ2) is 3.30. The molecular weight excluding hydrogens is 196 g/mol. The summed E-state index contributed by atoms with van der Waals surface area (Å²) in [6.07, 6.45) is 1.41. The van der Waals surface area contributed by atoms with Gasteiger partial charge in [-0.25, -0.2) is 9.78 Å². The minimum atomic E-state index is -1.04. The van der Waals surface area contributed by atoms with Crippen molar-refractivity contribution < 1.29 is 9.90 Å². The van der Waals surface area contributed by atoms with Gasteiger partial charge in [-0.05, 0) is 6.07 Å². The molecule has 6 nitrogen and oxygen atoms in total. The average molecular weight is 206 g/mol. The first-order valence-electron chi connectivity index (χ1n) is 4.54. The summed E-state index contributed by atoms with van der Waals surface area (Å²) in [6, 6.07) is 1.40. The van der Waals surface area contributed by atoms with Crippen LogP contribution in [-0.4, -0.2) is 30.7 Å². The smallest absolute Gasteiger partial charge is 0.354 e. The molecule has 0 aliphatic heterocycles. The number of fused-ring (bicyclic) bond motifs is 1. The lowest BCUT2D eigenvalue weighted by molar-refractivity contribution is 0.0687. The fourth-order valence-electron chi connectivity index (χ4n) is 1.22. The van der Waals surface area contributed by atoms with E-state index >= 15 is 0 Å². The molecule has 0 saturated carbocycles. The number of carbonyl (C=O) groups is 1. The minimum Gasteiger partial charge on any atom is -0.477 e. The Morgan fingerprint density at radius 3 is 2.87 bits per heavy atom. The summed E-state index contributed by atoms with van der Waals surface area (Å²) in [6.45, 7) is 3.88. The minimum absolute atomic E-state index is 0.0689. The van der Waals surface area contributed by atoms with Crippen LogP contribution in [-0.2, 0) is 0 Å². The fourth-order valence-corrected chi connectivity index (χ4v) is 1.22. The van der Waals surface area contributed by atoms with Crippen molar-refractivity contribution in [3.63, 3.8) is 0 Å². The molecule has 0 atom stereocenters. The summed E-state index contributed by atoms with van der Waals surface area (Å²) in [7, 11) is 0. The van der Waals surface area contributed by atoms with Crippen molar-refractivity contribution in [1.82, 2.24) is 19.6 Å². The van der Waals surface area contributed by atoms with Crippen LogP contribution in [0, 0.1) is 0 Å². The lowest BCUT2D eigenvalue weighted by Gasteiger charge is -1.96. The van der Waals surface area contributed by atoms with Crippen LogP contribution in [0.1, 0.15) is 36.1 Å². The van der Waals surface area contributed by atoms with Crippen molar-refractivity contribution in [3.05, 3.63) is 23.8 Å². The Balaban J connectivity index is 2.70. The summed E-state index contributed by atoms with van der Waals surface area (Å²) < 4.78 is 1.25. The first-order chi connectivity index (χ1) is 7.09. The van der Waals surface area contributed by atoms with Crippen LogP contribution < -0.4 is 0 Å². The molecule has 15 heavy (non-hydrogen) atoms. The predicted molar refractivity (Wildman–Crippen MR) is 51.8 cm³/mol. The fraction of sp³-hybridized carbons (Fsp3) is 0.333. The number of aromatic nitrogens is 4. The van der Waals surface area contributed by atoms with Crippen LogP contribution in [0.5, 0.6) is 0 Å². The Morgan fingerprint density at radius 1 is 1.53 bits per heavy atom. The van der Waals surface area contributed by atoms with Crippen LogP contribution in [0.2, 0.25) is 0 Å². The van der Waals surface area contributed by atoms with Crippen molar-refractivity contribution in [3.8, 4) is 0 Å². The van der Waals surface area contributed by atoms with Gasteiger partial charge in [-0.2, -0.15) is 9.50 Å². The first kappa shape index (κ1) is 9.57. The molecule has 0 spiro atoms. The quantitative estimate of drug-likeness (QED) is 0.791. The monoisotopic (exact) mass is 206 g/mol. The first-order valence-corrected chi connectivity index (χ1v) is 4.54. The van der Waals surface area contributed by atoms with E-state index < -0.39 is 5.97 Å². The highest BCUT2D eigenvalue weighted by Crippen LogP contribution is 2.10. The number of aromatic carboxylic acids is 1. The summed E-state index contributed by atoms with van der Waals surface area (Å²) in [5, 5.41) is 13.0. The van der Waals surface area contributed by atoms with Gasteiger partial charge in [0, 0.05) is 12.1 Å². The molecule has 2 aromatic heterocycles. The number of hydrogen-bond donors (Lipinski definition) is 1. The molecule has 78 valence electrons. The third-order valence-electron chi connectivity index (χ3n) is 1.99. The number of carboxylic acids is 1. The maximum absolute atomic E-state index is 10.9. The summed E-state index contributed by atoms with van der Waals surface area (Å²) in [5.74, 6) is 0.0192. The van der Waals surface area contributed by atoms with Crippen molar-refractivity contribution in [2.45, 2.75) is 19.8 Å². The van der Waals surface area contributed by atoms with E-state index in [1.807, 2.05) is 13.8 Å². The summed E-state index contributed by atoms with van der Waals surface area (Å²) in [4.78, 5) is 19.0. The number of carboxylic acid groups (broad SMARTS) is 1. The van der Waals surface area contributed by atoms with E-state index in [9.17, 15) is 4.79 Å². The van der Waals surface area contributed by atoms with E-state index in [2.05, 4.69) is 15.1 Å². The van der Waals surface area contributed by atoms with Crippen molar-refractivity contribution in [2.75, 3.05) is 0 Å². The maximum Gasteiger partial charge on any atom is 0.354 e. The second-order valence-corrected chi connectivity index (χ2v) is 3.47. The van der Waals surface area contributed by atoms with Crippen LogP contribution in [0.4, 0.5) is 0 Å². The molecule has 0 aromatic carbocycles. The maximum atomic E-state index is 10.9. The molecule has 6 heteroatoms. The second-order valence-electron chi connectivity index (χ2n) is 3.47. The van der Waals surface area contributed by atoms with Crippen LogP contribution in [0.3, 0.4) is 0 Å². The van der Waals surface area contributed by atoms with Gasteiger partial charge < -0.3 is 5.11 Å². The van der Waals surface area contributed by atoms with E-state index in [-0.39, 0.29) is 11.6 Å². The zero-order chi connectivity index (χ0) is 11.0. The largest absolute Gasteiger partial charge is 0.477 e. The highest BCUT2D eigenvalue weighted by Gasteiger charge is 2.14. The molecule has 0 aliphatic carbocycles. The summed E-state index contributed by atoms with van der Waals surface area (Å²) >= 11 is 0. The standard InChI is InChI=1S/C9H10N4O2/c1-5(2)7-11-9-10-4-3-6(8(14)15)13(9)12-7/h3-5H,1-2H3,(H,14,15). The van der Waals surface area contributed by atoms with Gasteiger partial charge >= 0.3 is 5.97 Å². The molecule has 2 rings (SSSR count). The molecule has 1 N–H and O–H groups in total. The Kier molecular flexibility index (Phi) is 2.11. The molecule has 0 amide bonds. The SMILES string of the molecule is CC(C)c1nc2nccc(C(=O)O)n2n1. The van der Waals surface area contributed by atoms with Gasteiger partial charge in [0.15, 0.2) is 11.5 Å². The molecule has 0 fully saturated rings. The molecule has 2 heterocycles. The van der Waals surface area contributed by atoms with Crippen molar-refractivity contribution in [2.24, 2.45) is 0 Å². The molecule has 0 aliphatic rings. The molecule has 0 radical (unpaired) electrons. The Bertz CT molecular complexity index is 518. The van der Waals surface area contributed by atoms with Gasteiger partial charge in [-0.3, -0.25) is 0 Å². The van der Waals surface area contributed by atoms with Gasteiger partial charge in [-0.15, -0.1) is 5.10 Å². The molecule has 0 unspecified atom stereocenters. The van der Waals surface area contributed by atoms with Crippen LogP contribution in [0.25, 0.3) is 5.78 Å². The Morgan fingerprint density at radius 2 is 2.27 bits per heavy atom. The third-order valence-corrected chi connectivity index (χ3v) is 1.99. The van der Waals surface area contributed by atoms with E-state index in [0.29, 0.717) is 11.6 Å². The number of rotatable bonds is 2. The normalized spacial score (nSPS) is 11.1. The van der Waals surface area contributed by atoms with E-state index in [0.717, 1.165) is 0 Å². The molecular formula is C9H10N4O2. The van der Waals surface area contributed by atoms with Gasteiger partial charge in [-0.1, -0.05) is 13.8 Å². The topological polar surface area (TPSA) is 80.4 Å². The van der Waals surface area contributed by atoms with Crippen LogP contribution in [0.15, 0.2) is 12.3 Å². The third kappa shape index (κ3) is 1.54. The van der Waals surface area contributed by atoms with E-state index in [1.54, 1.807) is 0 Å². The van der Waals surface area contributed by atoms with Gasteiger partial charge in [0.2, 0.25) is 0 Å². The lowest BCUT2D eigenvalue weighted by Crippen LogP contribution is -2.07. The molecule has 2 aromatic rings. The van der Waals surface area contributed by atoms with E-state index in [1.165, 1.54) is 16.8 Å². The van der Waals surface area contributed by atoms with Gasteiger partial charge in [0.1, 0.15) is 0 Å². The lowest BCUT2D eigenvalue weighted by atomic mass is 10.2. The average Bonchev–Trinajstić information content (AvgIpc) is 2.60.